The number of pyridine rings is 1. The van der Waals surface area contributed by atoms with Crippen LogP contribution in [0.5, 0.6) is 5.75 Å². The van der Waals surface area contributed by atoms with Crippen LogP contribution in [0.1, 0.15) is 44.2 Å². The van der Waals surface area contributed by atoms with Crippen molar-refractivity contribution in [2.75, 3.05) is 37.0 Å². The summed E-state index contributed by atoms with van der Waals surface area (Å²) in [4.78, 5) is 45.1. The number of aromatic nitrogens is 5. The number of likely N-dealkylation sites (N-methyl/N-ethyl adjacent to an activating group) is 1. The smallest absolute Gasteiger partial charge is 0.278 e. The van der Waals surface area contributed by atoms with Gasteiger partial charge >= 0.3 is 0 Å². The molecule has 0 atom stereocenters. The van der Waals surface area contributed by atoms with Crippen LogP contribution in [0.2, 0.25) is 0 Å². The van der Waals surface area contributed by atoms with Gasteiger partial charge in [-0.1, -0.05) is 32.1 Å². The lowest BCUT2D eigenvalue weighted by molar-refractivity contribution is -0.121. The average molecular weight is 579 g/mol. The normalized spacial score (nSPS) is 20.9. The summed E-state index contributed by atoms with van der Waals surface area (Å²) in [6, 6.07) is 10.0. The highest BCUT2D eigenvalue weighted by atomic mass is 16.5. The number of allylic oxidation sites excluding steroid dienone is 2. The summed E-state index contributed by atoms with van der Waals surface area (Å²) in [5.74, 6) is 1.81. The van der Waals surface area contributed by atoms with E-state index in [2.05, 4.69) is 60.4 Å². The molecule has 1 aliphatic carbocycles. The SMILES string of the molecule is CN1Cc2cc(Nc3ncc4c(=O)n5n(c4n3)-c3ccc4c(n3)N(CC3(C/C=C\C5)CC3)C(=O)CO4)ccc2C(C)(C)C1. The fraction of sp³-hybridized carbons (Fsp3) is 0.406. The van der Waals surface area contributed by atoms with E-state index in [1.165, 1.54) is 11.1 Å². The number of rotatable bonds is 2. The van der Waals surface area contributed by atoms with Crippen LogP contribution >= 0.6 is 0 Å². The summed E-state index contributed by atoms with van der Waals surface area (Å²) in [5, 5.41) is 3.76. The molecule has 3 aromatic heterocycles. The Morgan fingerprint density at radius 2 is 1.88 bits per heavy atom. The van der Waals surface area contributed by atoms with Gasteiger partial charge in [-0.2, -0.15) is 4.98 Å². The maximum Gasteiger partial charge on any atom is 0.278 e. The van der Waals surface area contributed by atoms with E-state index in [0.29, 0.717) is 47.5 Å². The molecule has 0 unspecified atom stereocenters. The van der Waals surface area contributed by atoms with E-state index >= 15 is 0 Å². The van der Waals surface area contributed by atoms with Crippen LogP contribution in [0.4, 0.5) is 17.5 Å². The second-order valence-corrected chi connectivity index (χ2v) is 13.1. The zero-order valence-electron chi connectivity index (χ0n) is 24.6. The summed E-state index contributed by atoms with van der Waals surface area (Å²) >= 11 is 0. The van der Waals surface area contributed by atoms with E-state index in [4.69, 9.17) is 14.7 Å². The minimum Gasteiger partial charge on any atom is -0.480 e. The molecular formula is C32H34N8O3. The van der Waals surface area contributed by atoms with Crippen LogP contribution in [0.3, 0.4) is 0 Å². The fourth-order valence-corrected chi connectivity index (χ4v) is 6.98. The summed E-state index contributed by atoms with van der Waals surface area (Å²) in [6.45, 7) is 7.38. The number of hydrogen-bond donors (Lipinski definition) is 1. The Kier molecular flexibility index (Phi) is 5.62. The van der Waals surface area contributed by atoms with E-state index in [0.717, 1.165) is 38.0 Å². The second-order valence-electron chi connectivity index (χ2n) is 13.1. The molecule has 4 aromatic rings. The van der Waals surface area contributed by atoms with Gasteiger partial charge < -0.3 is 15.0 Å². The topological polar surface area (TPSA) is 110 Å². The lowest BCUT2D eigenvalue weighted by Gasteiger charge is -2.38. The lowest BCUT2D eigenvalue weighted by atomic mass is 9.78. The molecule has 6 heterocycles. The predicted octanol–water partition coefficient (Wildman–Crippen LogP) is 3.91. The number of hydrogen-bond acceptors (Lipinski definition) is 8. The Labute approximate surface area is 248 Å². The van der Waals surface area contributed by atoms with E-state index in [-0.39, 0.29) is 28.9 Å². The Hall–Kier alpha value is -4.51. The molecule has 1 fully saturated rings. The molecule has 0 saturated heterocycles. The van der Waals surface area contributed by atoms with Gasteiger partial charge in [0.15, 0.2) is 29.6 Å². The van der Waals surface area contributed by atoms with Gasteiger partial charge in [-0.05, 0) is 67.1 Å². The predicted molar refractivity (Wildman–Crippen MR) is 163 cm³/mol. The van der Waals surface area contributed by atoms with Crippen LogP contribution < -0.4 is 20.5 Å². The maximum atomic E-state index is 13.7. The Morgan fingerprint density at radius 1 is 1.02 bits per heavy atom. The van der Waals surface area contributed by atoms with Crippen LogP contribution in [-0.2, 0) is 23.3 Å². The maximum absolute atomic E-state index is 13.7. The number of nitrogens with zero attached hydrogens (tertiary/aromatic N) is 7. The summed E-state index contributed by atoms with van der Waals surface area (Å²) in [7, 11) is 2.14. The quantitative estimate of drug-likeness (QED) is 0.357. The zero-order chi connectivity index (χ0) is 29.5. The number of fused-ring (bicyclic) bond motifs is 6. The molecule has 1 spiro atoms. The van der Waals surface area contributed by atoms with Gasteiger partial charge in [-0.15, -0.1) is 0 Å². The molecule has 11 nitrogen and oxygen atoms in total. The van der Waals surface area contributed by atoms with Gasteiger partial charge in [0.05, 0.1) is 6.54 Å². The summed E-state index contributed by atoms with van der Waals surface area (Å²) in [5.41, 5.74) is 3.85. The first-order valence-electron chi connectivity index (χ1n) is 14.9. The molecule has 1 saturated carbocycles. The Morgan fingerprint density at radius 3 is 2.72 bits per heavy atom. The molecule has 4 aliphatic rings. The molecule has 11 heteroatoms. The van der Waals surface area contributed by atoms with Gasteiger partial charge in [0.2, 0.25) is 5.95 Å². The number of carbonyl (C=O) groups is 1. The first kappa shape index (κ1) is 26.1. The van der Waals surface area contributed by atoms with Crippen molar-refractivity contribution in [3.05, 3.63) is 70.2 Å². The summed E-state index contributed by atoms with van der Waals surface area (Å²) in [6.07, 6.45) is 8.68. The van der Waals surface area contributed by atoms with Crippen molar-refractivity contribution in [2.24, 2.45) is 5.41 Å². The van der Waals surface area contributed by atoms with Crippen LogP contribution in [0.25, 0.3) is 16.9 Å². The van der Waals surface area contributed by atoms with Crippen molar-refractivity contribution in [2.45, 2.75) is 51.6 Å². The minimum absolute atomic E-state index is 0.00413. The standard InChI is InChI=1S/C32H34N8O3/c1-31(2)18-37(3)16-20-14-21(6-7-23(20)31)34-30-33-15-22-27(36-30)40-25-9-8-24-28(35-25)38(26(41)17-43-24)19-32(11-12-32)10-4-5-13-39(40)29(22)42/h4-9,14-15H,10-13,16-19H2,1-3H3,(H,33,34,36)/b5-4-. The van der Waals surface area contributed by atoms with Crippen molar-refractivity contribution in [3.63, 3.8) is 0 Å². The third-order valence-electron chi connectivity index (χ3n) is 9.27. The molecule has 1 aromatic carbocycles. The number of nitrogens with one attached hydrogen (secondary N) is 1. The third-order valence-corrected chi connectivity index (χ3v) is 9.27. The van der Waals surface area contributed by atoms with Crippen LogP contribution in [0, 0.1) is 5.41 Å². The van der Waals surface area contributed by atoms with E-state index in [1.807, 2.05) is 18.2 Å². The van der Waals surface area contributed by atoms with Gasteiger partial charge in [0.1, 0.15) is 5.39 Å². The highest BCUT2D eigenvalue weighted by Crippen LogP contribution is 2.51. The van der Waals surface area contributed by atoms with Gasteiger partial charge in [0, 0.05) is 36.9 Å². The van der Waals surface area contributed by atoms with Gasteiger partial charge in [-0.3, -0.25) is 14.5 Å². The zero-order valence-corrected chi connectivity index (χ0v) is 24.6. The molecule has 1 N–H and O–H groups in total. The van der Waals surface area contributed by atoms with Crippen molar-refractivity contribution in [1.82, 2.24) is 29.2 Å². The average Bonchev–Trinajstić information content (AvgIpc) is 3.68. The molecule has 0 radical (unpaired) electrons. The number of anilines is 3. The molecule has 220 valence electrons. The number of carbonyl (C=O) groups excluding carboxylic acids is 1. The van der Waals surface area contributed by atoms with Crippen molar-refractivity contribution >= 4 is 34.4 Å². The van der Waals surface area contributed by atoms with Crippen LogP contribution in [0.15, 0.2) is 53.5 Å². The molecule has 3 aliphatic heterocycles. The Bertz CT molecular complexity index is 1900. The highest BCUT2D eigenvalue weighted by molar-refractivity contribution is 5.97. The van der Waals surface area contributed by atoms with E-state index in [1.54, 1.807) is 20.5 Å². The highest BCUT2D eigenvalue weighted by Gasteiger charge is 2.45. The minimum atomic E-state index is -0.202. The fourth-order valence-electron chi connectivity index (χ4n) is 6.98. The van der Waals surface area contributed by atoms with Crippen molar-refractivity contribution in [3.8, 4) is 11.6 Å². The van der Waals surface area contributed by atoms with E-state index in [9.17, 15) is 9.59 Å². The number of ether oxygens (including phenoxy) is 1. The molecule has 43 heavy (non-hydrogen) atoms. The first-order chi connectivity index (χ1) is 20.7. The molecular weight excluding hydrogens is 544 g/mol. The second kappa shape index (κ2) is 9.24. The van der Waals surface area contributed by atoms with Crippen molar-refractivity contribution < 1.29 is 9.53 Å². The molecule has 8 rings (SSSR count). The van der Waals surface area contributed by atoms with E-state index < -0.39 is 0 Å². The van der Waals surface area contributed by atoms with Crippen molar-refractivity contribution in [1.29, 1.82) is 0 Å². The first-order valence-corrected chi connectivity index (χ1v) is 14.9. The van der Waals surface area contributed by atoms with Gasteiger partial charge in [-0.25, -0.2) is 19.3 Å². The van der Waals surface area contributed by atoms with Crippen LogP contribution in [-0.4, -0.2) is 61.9 Å². The molecule has 1 amide bonds. The molecule has 2 bridgehead atoms. The third kappa shape index (κ3) is 4.32. The lowest BCUT2D eigenvalue weighted by Crippen LogP contribution is -2.43. The largest absolute Gasteiger partial charge is 0.480 e. The monoisotopic (exact) mass is 578 g/mol. The Balaban J connectivity index is 1.24. The van der Waals surface area contributed by atoms with Gasteiger partial charge in [0.25, 0.3) is 11.5 Å². The summed E-state index contributed by atoms with van der Waals surface area (Å²) < 4.78 is 9.10. The number of amides is 1. The number of benzene rings is 1.